The molecule has 3 aromatic rings. The zero-order valence-electron chi connectivity index (χ0n) is 15.6. The first kappa shape index (κ1) is 19.5. The van der Waals surface area contributed by atoms with Crippen molar-refractivity contribution in [2.45, 2.75) is 4.90 Å². The summed E-state index contributed by atoms with van der Waals surface area (Å²) in [6, 6.07) is 19.7. The van der Waals surface area contributed by atoms with Gasteiger partial charge in [-0.2, -0.15) is 0 Å². The average Bonchev–Trinajstić information content (AvgIpc) is 2.75. The highest BCUT2D eigenvalue weighted by Crippen LogP contribution is 2.20. The van der Waals surface area contributed by atoms with Crippen molar-refractivity contribution in [2.24, 2.45) is 0 Å². The molecule has 1 aliphatic rings. The van der Waals surface area contributed by atoms with E-state index < -0.39 is 10.0 Å². The molecule has 29 heavy (non-hydrogen) atoms. The molecule has 0 unspecified atom stereocenters. The topological polar surface area (TPSA) is 78.4 Å². The highest BCUT2D eigenvalue weighted by molar-refractivity contribution is 7.92. The lowest BCUT2D eigenvalue weighted by Gasteiger charge is -2.36. The number of rotatable bonds is 5. The second-order valence-corrected chi connectivity index (χ2v) is 8.76. The van der Waals surface area contributed by atoms with E-state index in [2.05, 4.69) is 36.9 Å². The molecule has 1 aromatic heterocycles. The molecular formula is C20H20ClN5O2S. The largest absolute Gasteiger partial charge is 0.368 e. The molecule has 150 valence electrons. The van der Waals surface area contributed by atoms with Crippen LogP contribution in [0.25, 0.3) is 0 Å². The van der Waals surface area contributed by atoms with Crippen molar-refractivity contribution in [1.29, 1.82) is 0 Å². The third kappa shape index (κ3) is 4.60. The first-order valence-electron chi connectivity index (χ1n) is 9.18. The lowest BCUT2D eigenvalue weighted by Crippen LogP contribution is -2.46. The van der Waals surface area contributed by atoms with Gasteiger partial charge in [0.1, 0.15) is 0 Å². The van der Waals surface area contributed by atoms with E-state index in [0.717, 1.165) is 32.0 Å². The molecule has 0 spiro atoms. The van der Waals surface area contributed by atoms with E-state index in [9.17, 15) is 8.42 Å². The first-order valence-corrected chi connectivity index (χ1v) is 11.0. The molecule has 1 N–H and O–H groups in total. The Bertz CT molecular complexity index is 1050. The molecule has 1 saturated heterocycles. The van der Waals surface area contributed by atoms with Gasteiger partial charge in [0, 0.05) is 36.9 Å². The quantitative estimate of drug-likeness (QED) is 0.670. The fourth-order valence-electron chi connectivity index (χ4n) is 3.19. The lowest BCUT2D eigenvalue weighted by atomic mass is 10.2. The number of para-hydroxylation sites is 1. The van der Waals surface area contributed by atoms with E-state index in [1.807, 2.05) is 18.2 Å². The van der Waals surface area contributed by atoms with Gasteiger partial charge in [-0.1, -0.05) is 29.8 Å². The molecule has 7 nitrogen and oxygen atoms in total. The van der Waals surface area contributed by atoms with Crippen molar-refractivity contribution in [3.63, 3.8) is 0 Å². The Morgan fingerprint density at radius 1 is 0.793 bits per heavy atom. The summed E-state index contributed by atoms with van der Waals surface area (Å²) < 4.78 is 27.3. The van der Waals surface area contributed by atoms with Crippen LogP contribution in [-0.4, -0.2) is 44.8 Å². The Morgan fingerprint density at radius 3 is 2.07 bits per heavy atom. The fraction of sp³-hybridized carbons (Fsp3) is 0.200. The van der Waals surface area contributed by atoms with Gasteiger partial charge in [-0.15, -0.1) is 10.2 Å². The maximum Gasteiger partial charge on any atom is 0.263 e. The summed E-state index contributed by atoms with van der Waals surface area (Å²) in [5.41, 5.74) is 1.21. The number of hydrogen-bond donors (Lipinski definition) is 1. The minimum Gasteiger partial charge on any atom is -0.368 e. The Hall–Kier alpha value is -2.84. The summed E-state index contributed by atoms with van der Waals surface area (Å²) in [6.07, 6.45) is 0. The number of hydrogen-bond acceptors (Lipinski definition) is 6. The van der Waals surface area contributed by atoms with Crippen LogP contribution >= 0.6 is 11.6 Å². The zero-order valence-corrected chi connectivity index (χ0v) is 17.1. The van der Waals surface area contributed by atoms with Crippen LogP contribution in [0.1, 0.15) is 0 Å². The van der Waals surface area contributed by atoms with Crippen molar-refractivity contribution in [3.05, 3.63) is 71.8 Å². The second-order valence-electron chi connectivity index (χ2n) is 6.65. The van der Waals surface area contributed by atoms with Gasteiger partial charge < -0.3 is 9.80 Å². The van der Waals surface area contributed by atoms with Crippen molar-refractivity contribution in [3.8, 4) is 0 Å². The maximum absolute atomic E-state index is 12.4. The summed E-state index contributed by atoms with van der Waals surface area (Å²) in [4.78, 5) is 4.59. The molecule has 1 aliphatic heterocycles. The van der Waals surface area contributed by atoms with Gasteiger partial charge in [0.05, 0.1) is 4.90 Å². The van der Waals surface area contributed by atoms with Gasteiger partial charge in [0.2, 0.25) is 0 Å². The first-order chi connectivity index (χ1) is 14.0. The summed E-state index contributed by atoms with van der Waals surface area (Å²) in [7, 11) is -3.74. The summed E-state index contributed by atoms with van der Waals surface area (Å²) in [5.74, 6) is 0.902. The van der Waals surface area contributed by atoms with Crippen LogP contribution in [0.5, 0.6) is 0 Å². The number of halogens is 1. The number of sulfonamides is 1. The Morgan fingerprint density at radius 2 is 1.45 bits per heavy atom. The molecule has 9 heteroatoms. The molecule has 0 aliphatic carbocycles. The van der Waals surface area contributed by atoms with Crippen molar-refractivity contribution in [2.75, 3.05) is 40.7 Å². The van der Waals surface area contributed by atoms with E-state index in [-0.39, 0.29) is 10.7 Å². The smallest absolute Gasteiger partial charge is 0.263 e. The number of nitrogens with one attached hydrogen (secondary N) is 1. The standard InChI is InChI=1S/C20H20ClN5O2S/c21-16-6-8-18(9-7-16)29(27,28)24-19-10-11-20(23-22-19)26-14-12-25(13-15-26)17-4-2-1-3-5-17/h1-11H,12-15H2,(H,22,24). The molecule has 0 bridgehead atoms. The fourth-order valence-corrected chi connectivity index (χ4v) is 4.31. The number of aromatic nitrogens is 2. The van der Waals surface area contributed by atoms with Gasteiger partial charge in [-0.3, -0.25) is 4.72 Å². The van der Waals surface area contributed by atoms with E-state index in [1.54, 1.807) is 12.1 Å². The molecular weight excluding hydrogens is 410 g/mol. The molecule has 2 heterocycles. The van der Waals surface area contributed by atoms with E-state index >= 15 is 0 Å². The summed E-state index contributed by atoms with van der Waals surface area (Å²) in [6.45, 7) is 3.41. The minimum atomic E-state index is -3.74. The van der Waals surface area contributed by atoms with Gasteiger partial charge >= 0.3 is 0 Å². The molecule has 2 aromatic carbocycles. The normalized spacial score (nSPS) is 14.7. The van der Waals surface area contributed by atoms with E-state index in [4.69, 9.17) is 11.6 Å². The van der Waals surface area contributed by atoms with Crippen LogP contribution < -0.4 is 14.5 Å². The van der Waals surface area contributed by atoms with Gasteiger partial charge in [-0.05, 0) is 48.5 Å². The predicted molar refractivity (Wildman–Crippen MR) is 115 cm³/mol. The van der Waals surface area contributed by atoms with Crippen molar-refractivity contribution >= 4 is 38.9 Å². The Balaban J connectivity index is 1.39. The number of anilines is 3. The zero-order chi connectivity index (χ0) is 20.3. The third-order valence-corrected chi connectivity index (χ3v) is 6.36. The third-order valence-electron chi connectivity index (χ3n) is 4.74. The highest BCUT2D eigenvalue weighted by atomic mass is 35.5. The summed E-state index contributed by atoms with van der Waals surface area (Å²) in [5, 5.41) is 8.71. The monoisotopic (exact) mass is 429 g/mol. The molecule has 1 fully saturated rings. The maximum atomic E-state index is 12.4. The van der Waals surface area contributed by atoms with Crippen LogP contribution in [0, 0.1) is 0 Å². The molecule has 4 rings (SSSR count). The lowest BCUT2D eigenvalue weighted by molar-refractivity contribution is 0.601. The molecule has 0 saturated carbocycles. The number of benzene rings is 2. The van der Waals surface area contributed by atoms with Crippen molar-refractivity contribution < 1.29 is 8.42 Å². The second kappa shape index (κ2) is 8.26. The molecule has 0 atom stereocenters. The highest BCUT2D eigenvalue weighted by Gasteiger charge is 2.19. The average molecular weight is 430 g/mol. The van der Waals surface area contributed by atoms with Crippen LogP contribution in [0.3, 0.4) is 0 Å². The number of piperazine rings is 1. The van der Waals surface area contributed by atoms with Crippen LogP contribution in [0.4, 0.5) is 17.3 Å². The van der Waals surface area contributed by atoms with E-state index in [0.29, 0.717) is 5.02 Å². The summed E-state index contributed by atoms with van der Waals surface area (Å²) >= 11 is 5.81. The SMILES string of the molecule is O=S(=O)(Nc1ccc(N2CCN(c3ccccc3)CC2)nn1)c1ccc(Cl)cc1. The van der Waals surface area contributed by atoms with Gasteiger partial charge in [-0.25, -0.2) is 8.42 Å². The van der Waals surface area contributed by atoms with Gasteiger partial charge in [0.15, 0.2) is 11.6 Å². The minimum absolute atomic E-state index is 0.116. The van der Waals surface area contributed by atoms with Gasteiger partial charge in [0.25, 0.3) is 10.0 Å². The Kier molecular flexibility index (Phi) is 5.55. The van der Waals surface area contributed by atoms with Crippen LogP contribution in [0.2, 0.25) is 5.02 Å². The Labute approximate surface area is 175 Å². The molecule has 0 amide bonds. The van der Waals surface area contributed by atoms with E-state index in [1.165, 1.54) is 30.0 Å². The van der Waals surface area contributed by atoms with Crippen molar-refractivity contribution in [1.82, 2.24) is 10.2 Å². The van der Waals surface area contributed by atoms with Crippen LogP contribution in [-0.2, 0) is 10.0 Å². The molecule has 0 radical (unpaired) electrons. The van der Waals surface area contributed by atoms with Crippen LogP contribution in [0.15, 0.2) is 71.6 Å². The predicted octanol–water partition coefficient (Wildman–Crippen LogP) is 3.26. The number of nitrogens with zero attached hydrogens (tertiary/aromatic N) is 4.